The average molecular weight is 565 g/mol. The highest BCUT2D eigenvalue weighted by Crippen LogP contribution is 2.25. The van der Waals surface area contributed by atoms with Gasteiger partial charge in [-0.05, 0) is 68.5 Å². The first-order chi connectivity index (χ1) is 16.5. The van der Waals surface area contributed by atoms with E-state index in [0.717, 1.165) is 57.4 Å². The minimum Gasteiger partial charge on any atom is -0.352 e. The van der Waals surface area contributed by atoms with Crippen LogP contribution in [0.4, 0.5) is 5.69 Å². The van der Waals surface area contributed by atoms with Crippen molar-refractivity contribution >= 4 is 43.5 Å². The molecule has 190 valence electrons. The van der Waals surface area contributed by atoms with Gasteiger partial charge in [0, 0.05) is 17.1 Å². The van der Waals surface area contributed by atoms with Crippen LogP contribution in [-0.2, 0) is 26.2 Å². The summed E-state index contributed by atoms with van der Waals surface area (Å²) in [5.41, 5.74) is 2.95. The molecular formula is C26H34BrN3O4S. The molecule has 0 saturated heterocycles. The quantitative estimate of drug-likeness (QED) is 0.492. The standard InChI is InChI=1S/C26H34BrN3O4S/c1-18-9-10-19(2)24(15-18)30(35(4,33)34)17-25(31)29(16-21-11-13-22(27)14-12-21)20(3)26(32)28-23-7-5-6-8-23/h9-15,20,23H,5-8,16-17H2,1-4H3,(H,28,32)/t20-/m0/s1. The fourth-order valence-electron chi connectivity index (χ4n) is 4.34. The van der Waals surface area contributed by atoms with Gasteiger partial charge in [-0.25, -0.2) is 8.42 Å². The summed E-state index contributed by atoms with van der Waals surface area (Å²) in [6.45, 7) is 5.19. The van der Waals surface area contributed by atoms with Crippen molar-refractivity contribution < 1.29 is 18.0 Å². The predicted octanol–water partition coefficient (Wildman–Crippen LogP) is 4.31. The van der Waals surface area contributed by atoms with E-state index in [0.29, 0.717) is 5.69 Å². The number of amides is 2. The molecule has 3 rings (SSSR count). The van der Waals surface area contributed by atoms with Gasteiger partial charge >= 0.3 is 0 Å². The number of rotatable bonds is 9. The molecule has 0 radical (unpaired) electrons. The normalized spacial score (nSPS) is 15.0. The van der Waals surface area contributed by atoms with E-state index in [9.17, 15) is 18.0 Å². The number of carbonyl (C=O) groups excluding carboxylic acids is 2. The summed E-state index contributed by atoms with van der Waals surface area (Å²) >= 11 is 3.42. The molecule has 1 aliphatic carbocycles. The lowest BCUT2D eigenvalue weighted by Gasteiger charge is -2.32. The lowest BCUT2D eigenvalue weighted by atomic mass is 10.1. The Morgan fingerprint density at radius 1 is 1.09 bits per heavy atom. The molecule has 1 atom stereocenters. The minimum atomic E-state index is -3.75. The zero-order chi connectivity index (χ0) is 25.8. The first-order valence-corrected chi connectivity index (χ1v) is 14.5. The van der Waals surface area contributed by atoms with Gasteiger partial charge in [-0.15, -0.1) is 0 Å². The van der Waals surface area contributed by atoms with E-state index in [1.54, 1.807) is 13.0 Å². The second-order valence-electron chi connectivity index (χ2n) is 9.37. The second-order valence-corrected chi connectivity index (χ2v) is 12.2. The lowest BCUT2D eigenvalue weighted by molar-refractivity contribution is -0.139. The van der Waals surface area contributed by atoms with E-state index < -0.39 is 22.0 Å². The molecule has 2 amide bonds. The molecule has 0 aliphatic heterocycles. The highest BCUT2D eigenvalue weighted by atomic mass is 79.9. The molecule has 1 saturated carbocycles. The largest absolute Gasteiger partial charge is 0.352 e. The average Bonchev–Trinajstić information content (AvgIpc) is 3.30. The Bertz CT molecular complexity index is 1160. The maximum Gasteiger partial charge on any atom is 0.244 e. The van der Waals surface area contributed by atoms with Gasteiger partial charge in [0.2, 0.25) is 21.8 Å². The molecule has 7 nitrogen and oxygen atoms in total. The van der Waals surface area contributed by atoms with Gasteiger partial charge in [-0.1, -0.05) is 53.0 Å². The molecule has 0 aromatic heterocycles. The number of nitrogens with one attached hydrogen (secondary N) is 1. The number of hydrogen-bond acceptors (Lipinski definition) is 4. The fourth-order valence-corrected chi connectivity index (χ4v) is 5.51. The SMILES string of the molecule is Cc1ccc(C)c(N(CC(=O)N(Cc2ccc(Br)cc2)[C@@H](C)C(=O)NC2CCCC2)S(C)(=O)=O)c1. The molecule has 1 aliphatic rings. The van der Waals surface area contributed by atoms with E-state index in [1.165, 1.54) is 4.90 Å². The summed E-state index contributed by atoms with van der Waals surface area (Å²) in [6.07, 6.45) is 5.14. The number of benzene rings is 2. The van der Waals surface area contributed by atoms with E-state index in [-0.39, 0.29) is 25.0 Å². The molecule has 0 bridgehead atoms. The Hall–Kier alpha value is -2.39. The Balaban J connectivity index is 1.90. The Labute approximate surface area is 217 Å². The monoisotopic (exact) mass is 563 g/mol. The van der Waals surface area contributed by atoms with Crippen LogP contribution in [0.1, 0.15) is 49.3 Å². The molecule has 0 spiro atoms. The molecule has 1 N–H and O–H groups in total. The van der Waals surface area contributed by atoms with Crippen LogP contribution in [0.15, 0.2) is 46.9 Å². The van der Waals surface area contributed by atoms with Crippen molar-refractivity contribution in [2.45, 2.75) is 65.1 Å². The maximum atomic E-state index is 13.7. The third-order valence-corrected chi connectivity index (χ3v) is 8.10. The fraction of sp³-hybridized carbons (Fsp3) is 0.462. The number of nitrogens with zero attached hydrogens (tertiary/aromatic N) is 2. The number of carbonyl (C=O) groups is 2. The Morgan fingerprint density at radius 2 is 1.71 bits per heavy atom. The highest BCUT2D eigenvalue weighted by molar-refractivity contribution is 9.10. The van der Waals surface area contributed by atoms with E-state index >= 15 is 0 Å². The lowest BCUT2D eigenvalue weighted by Crippen LogP contribution is -2.52. The van der Waals surface area contributed by atoms with E-state index in [2.05, 4.69) is 21.2 Å². The van der Waals surface area contributed by atoms with Crippen LogP contribution in [0, 0.1) is 13.8 Å². The molecule has 2 aromatic carbocycles. The highest BCUT2D eigenvalue weighted by Gasteiger charge is 2.31. The molecule has 2 aromatic rings. The predicted molar refractivity (Wildman–Crippen MR) is 143 cm³/mol. The topological polar surface area (TPSA) is 86.8 Å². The van der Waals surface area contributed by atoms with Crippen molar-refractivity contribution in [2.24, 2.45) is 0 Å². The van der Waals surface area contributed by atoms with Crippen LogP contribution in [0.2, 0.25) is 0 Å². The number of halogens is 1. The van der Waals surface area contributed by atoms with Crippen molar-refractivity contribution in [3.8, 4) is 0 Å². The van der Waals surface area contributed by atoms with Crippen molar-refractivity contribution in [1.29, 1.82) is 0 Å². The summed E-state index contributed by atoms with van der Waals surface area (Å²) in [5.74, 6) is -0.659. The first-order valence-electron chi connectivity index (χ1n) is 11.8. The van der Waals surface area contributed by atoms with Crippen LogP contribution in [-0.4, -0.2) is 50.0 Å². The van der Waals surface area contributed by atoms with Crippen LogP contribution in [0.5, 0.6) is 0 Å². The van der Waals surface area contributed by atoms with Crippen molar-refractivity contribution in [3.63, 3.8) is 0 Å². The van der Waals surface area contributed by atoms with E-state index in [1.807, 2.05) is 50.2 Å². The third kappa shape index (κ3) is 7.30. The van der Waals surface area contributed by atoms with Gasteiger partial charge in [0.05, 0.1) is 11.9 Å². The summed E-state index contributed by atoms with van der Waals surface area (Å²) in [5, 5.41) is 3.07. The van der Waals surface area contributed by atoms with Crippen LogP contribution >= 0.6 is 15.9 Å². The van der Waals surface area contributed by atoms with Gasteiger partial charge in [0.1, 0.15) is 12.6 Å². The summed E-state index contributed by atoms with van der Waals surface area (Å²) < 4.78 is 27.5. The van der Waals surface area contributed by atoms with Crippen LogP contribution in [0.25, 0.3) is 0 Å². The van der Waals surface area contributed by atoms with Crippen molar-refractivity contribution in [2.75, 3.05) is 17.1 Å². The molecule has 0 unspecified atom stereocenters. The van der Waals surface area contributed by atoms with Gasteiger partial charge < -0.3 is 10.2 Å². The Kier molecular flexibility index (Phi) is 8.99. The summed E-state index contributed by atoms with van der Waals surface area (Å²) in [7, 11) is -3.75. The number of sulfonamides is 1. The summed E-state index contributed by atoms with van der Waals surface area (Å²) in [4.78, 5) is 28.2. The molecule has 0 heterocycles. The molecule has 35 heavy (non-hydrogen) atoms. The van der Waals surface area contributed by atoms with Gasteiger partial charge in [-0.3, -0.25) is 13.9 Å². The van der Waals surface area contributed by atoms with Gasteiger partial charge in [0.15, 0.2) is 0 Å². The second kappa shape index (κ2) is 11.6. The number of hydrogen-bond donors (Lipinski definition) is 1. The first kappa shape index (κ1) is 27.2. The van der Waals surface area contributed by atoms with Crippen molar-refractivity contribution in [3.05, 3.63) is 63.6 Å². The number of anilines is 1. The maximum absolute atomic E-state index is 13.7. The third-order valence-electron chi connectivity index (χ3n) is 6.45. The molecular weight excluding hydrogens is 530 g/mol. The van der Waals surface area contributed by atoms with Gasteiger partial charge in [0.25, 0.3) is 0 Å². The Morgan fingerprint density at radius 3 is 2.31 bits per heavy atom. The zero-order valence-electron chi connectivity index (χ0n) is 20.8. The van der Waals surface area contributed by atoms with Crippen LogP contribution in [0.3, 0.4) is 0 Å². The molecule has 1 fully saturated rings. The minimum absolute atomic E-state index is 0.122. The van der Waals surface area contributed by atoms with Crippen LogP contribution < -0.4 is 9.62 Å². The zero-order valence-corrected chi connectivity index (χ0v) is 23.2. The smallest absolute Gasteiger partial charge is 0.244 e. The van der Waals surface area contributed by atoms with Gasteiger partial charge in [-0.2, -0.15) is 0 Å². The summed E-state index contributed by atoms with van der Waals surface area (Å²) in [6, 6.07) is 12.4. The number of aryl methyl sites for hydroxylation is 2. The van der Waals surface area contributed by atoms with Crippen molar-refractivity contribution in [1.82, 2.24) is 10.2 Å². The van der Waals surface area contributed by atoms with E-state index in [4.69, 9.17) is 0 Å². The molecule has 9 heteroatoms.